The Hall–Kier alpha value is -1.76. The summed E-state index contributed by atoms with van der Waals surface area (Å²) in [6.07, 6.45) is 0.175. The molecular weight excluding hydrogens is 312 g/mol. The first-order valence-electron chi connectivity index (χ1n) is 8.33. The van der Waals surface area contributed by atoms with Gasteiger partial charge in [0.25, 0.3) is 0 Å². The molecule has 1 aliphatic rings. The van der Waals surface area contributed by atoms with Gasteiger partial charge >= 0.3 is 0 Å². The van der Waals surface area contributed by atoms with Crippen LogP contribution in [-0.4, -0.2) is 66.7 Å². The third-order valence-corrected chi connectivity index (χ3v) is 4.26. The van der Waals surface area contributed by atoms with Gasteiger partial charge in [-0.25, -0.2) is 0 Å². The number of hydrogen-bond acceptors (Lipinski definition) is 5. The zero-order valence-electron chi connectivity index (χ0n) is 15.2. The Morgan fingerprint density at radius 2 is 1.88 bits per heavy atom. The quantitative estimate of drug-likeness (QED) is 0.456. The molecule has 0 aromatic carbocycles. The van der Waals surface area contributed by atoms with Crippen LogP contribution in [0.1, 0.15) is 34.1 Å². The molecule has 1 fully saturated rings. The van der Waals surface area contributed by atoms with Crippen molar-refractivity contribution < 1.29 is 23.9 Å². The van der Waals surface area contributed by atoms with Crippen LogP contribution in [0.25, 0.3) is 0 Å². The van der Waals surface area contributed by atoms with Gasteiger partial charge in [-0.05, 0) is 5.92 Å². The van der Waals surface area contributed by atoms with E-state index in [2.05, 4.69) is 0 Å². The van der Waals surface area contributed by atoms with Gasteiger partial charge in [-0.1, -0.05) is 27.7 Å². The number of hydrogen-bond donors (Lipinski definition) is 0. The van der Waals surface area contributed by atoms with Crippen molar-refractivity contribution in [1.82, 2.24) is 9.80 Å². The van der Waals surface area contributed by atoms with E-state index in [9.17, 15) is 19.2 Å². The second-order valence-corrected chi connectivity index (χ2v) is 6.86. The molecule has 0 spiro atoms. The third-order valence-electron chi connectivity index (χ3n) is 4.26. The number of likely N-dealkylation sites (tertiary alicyclic amines) is 1. The molecule has 0 aromatic rings. The zero-order valence-corrected chi connectivity index (χ0v) is 15.2. The monoisotopic (exact) mass is 340 g/mol. The highest BCUT2D eigenvalue weighted by Crippen LogP contribution is 2.26. The molecule has 7 nitrogen and oxygen atoms in total. The van der Waals surface area contributed by atoms with Gasteiger partial charge in [0, 0.05) is 31.8 Å². The number of likely N-dealkylation sites (N-methyl/N-ethyl adjacent to an activating group) is 1. The minimum absolute atomic E-state index is 0.0111. The number of Topliss-reactive ketones (excluding diaryl/α,β-unsaturated/α-hetero) is 1. The van der Waals surface area contributed by atoms with E-state index in [1.165, 1.54) is 4.90 Å². The molecule has 3 amide bonds. The van der Waals surface area contributed by atoms with Gasteiger partial charge in [-0.15, -0.1) is 0 Å². The van der Waals surface area contributed by atoms with Crippen LogP contribution in [0.5, 0.6) is 0 Å². The molecule has 136 valence electrons. The molecule has 0 aliphatic carbocycles. The van der Waals surface area contributed by atoms with E-state index in [1.54, 1.807) is 20.9 Å². The maximum absolute atomic E-state index is 12.2. The van der Waals surface area contributed by atoms with Crippen LogP contribution in [0, 0.1) is 17.8 Å². The van der Waals surface area contributed by atoms with Crippen molar-refractivity contribution in [2.45, 2.75) is 34.1 Å². The summed E-state index contributed by atoms with van der Waals surface area (Å²) in [6.45, 7) is 7.71. The molecule has 1 aliphatic heterocycles. The zero-order chi connectivity index (χ0) is 18.4. The highest BCUT2D eigenvalue weighted by atomic mass is 16.5. The number of rotatable bonds is 9. The Morgan fingerprint density at radius 3 is 2.38 bits per heavy atom. The van der Waals surface area contributed by atoms with Crippen LogP contribution < -0.4 is 0 Å². The van der Waals surface area contributed by atoms with Crippen LogP contribution in [-0.2, 0) is 23.9 Å². The van der Waals surface area contributed by atoms with E-state index in [-0.39, 0.29) is 67.4 Å². The second kappa shape index (κ2) is 8.92. The van der Waals surface area contributed by atoms with Crippen molar-refractivity contribution in [1.29, 1.82) is 0 Å². The number of imide groups is 1. The van der Waals surface area contributed by atoms with Crippen molar-refractivity contribution >= 4 is 23.5 Å². The molecular formula is C17H28N2O5. The Morgan fingerprint density at radius 1 is 1.25 bits per heavy atom. The lowest BCUT2D eigenvalue weighted by atomic mass is 9.94. The second-order valence-electron chi connectivity index (χ2n) is 6.86. The number of ketones is 1. The minimum atomic E-state index is -0.332. The number of carbonyl (C=O) groups is 4. The van der Waals surface area contributed by atoms with Gasteiger partial charge in [0.05, 0.1) is 6.61 Å². The lowest BCUT2D eigenvalue weighted by molar-refractivity contribution is -0.146. The maximum atomic E-state index is 12.2. The van der Waals surface area contributed by atoms with Crippen LogP contribution in [0.4, 0.5) is 0 Å². The molecule has 0 aromatic heterocycles. The molecule has 1 rings (SSSR count). The minimum Gasteiger partial charge on any atom is -0.372 e. The van der Waals surface area contributed by atoms with Crippen LogP contribution in [0.15, 0.2) is 0 Å². The Kier molecular flexibility index (Phi) is 7.54. The molecule has 24 heavy (non-hydrogen) atoms. The number of ether oxygens (including phenoxy) is 1. The van der Waals surface area contributed by atoms with Crippen LogP contribution in [0.2, 0.25) is 0 Å². The topological polar surface area (TPSA) is 84.0 Å². The molecule has 1 saturated heterocycles. The van der Waals surface area contributed by atoms with E-state index >= 15 is 0 Å². The van der Waals surface area contributed by atoms with Gasteiger partial charge in [0.1, 0.15) is 13.2 Å². The molecule has 0 N–H and O–H groups in total. The standard InChI is InChI=1S/C17H28N2O5/c1-11(2)13-8-15(21)19(17(13)23)9-16(22)18(5)6-7-24-10-14(20)12(3)4/h11-13H,6-10H2,1-5H3. The number of amides is 3. The van der Waals surface area contributed by atoms with E-state index in [0.29, 0.717) is 6.54 Å². The lowest BCUT2D eigenvalue weighted by Crippen LogP contribution is -2.42. The van der Waals surface area contributed by atoms with Gasteiger partial charge in [-0.3, -0.25) is 24.1 Å². The first-order valence-corrected chi connectivity index (χ1v) is 8.33. The molecule has 0 saturated carbocycles. The van der Waals surface area contributed by atoms with Crippen LogP contribution in [0.3, 0.4) is 0 Å². The summed E-state index contributed by atoms with van der Waals surface area (Å²) >= 11 is 0. The average Bonchev–Trinajstić information content (AvgIpc) is 2.79. The predicted molar refractivity (Wildman–Crippen MR) is 88.0 cm³/mol. The maximum Gasteiger partial charge on any atom is 0.242 e. The van der Waals surface area contributed by atoms with Crippen molar-refractivity contribution in [2.75, 3.05) is 33.4 Å². The summed E-state index contributed by atoms with van der Waals surface area (Å²) in [5.41, 5.74) is 0. The predicted octanol–water partition coefficient (Wildman–Crippen LogP) is 0.718. The summed E-state index contributed by atoms with van der Waals surface area (Å²) in [4.78, 5) is 50.2. The fraction of sp³-hybridized carbons (Fsp3) is 0.765. The fourth-order valence-electron chi connectivity index (χ4n) is 2.32. The van der Waals surface area contributed by atoms with E-state index in [0.717, 1.165) is 4.90 Å². The van der Waals surface area contributed by atoms with Gasteiger partial charge in [-0.2, -0.15) is 0 Å². The molecule has 0 radical (unpaired) electrons. The van der Waals surface area contributed by atoms with E-state index < -0.39 is 0 Å². The molecule has 7 heteroatoms. The van der Waals surface area contributed by atoms with Gasteiger partial charge < -0.3 is 9.64 Å². The van der Waals surface area contributed by atoms with Crippen molar-refractivity contribution in [3.63, 3.8) is 0 Å². The lowest BCUT2D eigenvalue weighted by Gasteiger charge is -2.21. The Balaban J connectivity index is 2.40. The van der Waals surface area contributed by atoms with E-state index in [1.807, 2.05) is 13.8 Å². The number of nitrogens with zero attached hydrogens (tertiary/aromatic N) is 2. The molecule has 1 heterocycles. The normalized spacial score (nSPS) is 18.0. The highest BCUT2D eigenvalue weighted by molar-refractivity contribution is 6.06. The fourth-order valence-corrected chi connectivity index (χ4v) is 2.32. The van der Waals surface area contributed by atoms with Crippen LogP contribution >= 0.6 is 0 Å². The average molecular weight is 340 g/mol. The van der Waals surface area contributed by atoms with Crippen molar-refractivity contribution in [2.24, 2.45) is 17.8 Å². The summed E-state index contributed by atoms with van der Waals surface area (Å²) in [7, 11) is 1.58. The summed E-state index contributed by atoms with van der Waals surface area (Å²) in [6, 6.07) is 0. The Labute approximate surface area is 143 Å². The Bertz CT molecular complexity index is 501. The SMILES string of the molecule is CC(C)C(=O)COCCN(C)C(=O)CN1C(=O)CC(C(C)C)C1=O. The van der Waals surface area contributed by atoms with Crippen molar-refractivity contribution in [3.8, 4) is 0 Å². The van der Waals surface area contributed by atoms with Gasteiger partial charge in [0.15, 0.2) is 5.78 Å². The summed E-state index contributed by atoms with van der Waals surface area (Å²) in [5, 5.41) is 0. The first kappa shape index (κ1) is 20.3. The van der Waals surface area contributed by atoms with Gasteiger partial charge in [0.2, 0.25) is 17.7 Å². The molecule has 1 unspecified atom stereocenters. The third kappa shape index (κ3) is 5.40. The molecule has 1 atom stereocenters. The van der Waals surface area contributed by atoms with Crippen molar-refractivity contribution in [3.05, 3.63) is 0 Å². The smallest absolute Gasteiger partial charge is 0.242 e. The molecule has 0 bridgehead atoms. The summed E-state index contributed by atoms with van der Waals surface area (Å²) in [5.74, 6) is -1.20. The number of carbonyl (C=O) groups excluding carboxylic acids is 4. The largest absolute Gasteiger partial charge is 0.372 e. The van der Waals surface area contributed by atoms with E-state index in [4.69, 9.17) is 4.74 Å². The highest BCUT2D eigenvalue weighted by Gasteiger charge is 2.41. The first-order chi connectivity index (χ1) is 11.1. The summed E-state index contributed by atoms with van der Waals surface area (Å²) < 4.78 is 5.25.